The van der Waals surface area contributed by atoms with Crippen molar-refractivity contribution >= 4 is 8.32 Å². The molecule has 0 saturated carbocycles. The van der Waals surface area contributed by atoms with E-state index in [4.69, 9.17) is 9.53 Å². The summed E-state index contributed by atoms with van der Waals surface area (Å²) in [4.78, 5) is 0. The fourth-order valence-corrected chi connectivity index (χ4v) is 2.54. The zero-order chi connectivity index (χ0) is 16.5. The number of aromatic nitrogens is 3. The van der Waals surface area contributed by atoms with Crippen LogP contribution in [-0.4, -0.2) is 34.8 Å². The topological polar surface area (TPSA) is 60.2 Å². The summed E-state index contributed by atoms with van der Waals surface area (Å²) >= 11 is 0. The van der Waals surface area contributed by atoms with Crippen LogP contribution in [0.15, 0.2) is 0 Å². The molecule has 0 fully saturated rings. The highest BCUT2D eigenvalue weighted by molar-refractivity contribution is 6.74. The lowest BCUT2D eigenvalue weighted by atomic mass is 10.2. The van der Waals surface area contributed by atoms with Crippen LogP contribution in [0.1, 0.15) is 32.4 Å². The van der Waals surface area contributed by atoms with E-state index < -0.39 is 26.9 Å². The van der Waals surface area contributed by atoms with Crippen LogP contribution in [-0.2, 0) is 23.8 Å². The molecule has 1 aromatic heterocycles. The Kier molecular flexibility index (Phi) is 5.22. The molecule has 0 aliphatic heterocycles. The lowest BCUT2D eigenvalue weighted by Crippen LogP contribution is -2.41. The molecular weight excluding hydrogens is 303 g/mol. The maximum Gasteiger partial charge on any atom is 0.451 e. The highest BCUT2D eigenvalue weighted by atomic mass is 28.4. The Hall–Kier alpha value is -0.933. The zero-order valence-corrected chi connectivity index (χ0v) is 14.0. The number of alkyl halides is 3. The van der Waals surface area contributed by atoms with Crippen LogP contribution in [0.3, 0.4) is 0 Å². The summed E-state index contributed by atoms with van der Waals surface area (Å²) in [5, 5.41) is 15.5. The van der Waals surface area contributed by atoms with Gasteiger partial charge in [-0.15, -0.1) is 10.2 Å². The van der Waals surface area contributed by atoms with E-state index in [-0.39, 0.29) is 24.0 Å². The van der Waals surface area contributed by atoms with E-state index in [1.807, 2.05) is 13.1 Å². The van der Waals surface area contributed by atoms with Gasteiger partial charge < -0.3 is 14.1 Å². The zero-order valence-electron chi connectivity index (χ0n) is 13.0. The van der Waals surface area contributed by atoms with Crippen LogP contribution in [0.4, 0.5) is 13.2 Å². The van der Waals surface area contributed by atoms with Crippen molar-refractivity contribution in [3.05, 3.63) is 11.6 Å². The minimum absolute atomic E-state index is 0.0210. The minimum atomic E-state index is -4.60. The fraction of sp³-hybridized carbons (Fsp3) is 0.833. The Morgan fingerprint density at radius 2 is 1.76 bits per heavy atom. The minimum Gasteiger partial charge on any atom is -0.415 e. The van der Waals surface area contributed by atoms with Gasteiger partial charge in [0.05, 0.1) is 6.61 Å². The summed E-state index contributed by atoms with van der Waals surface area (Å²) < 4.78 is 45.2. The highest BCUT2D eigenvalue weighted by Crippen LogP contribution is 2.36. The van der Waals surface area contributed by atoms with E-state index in [2.05, 4.69) is 31.0 Å². The van der Waals surface area contributed by atoms with Crippen molar-refractivity contribution in [1.82, 2.24) is 14.8 Å². The fourth-order valence-electron chi connectivity index (χ4n) is 1.51. The first kappa shape index (κ1) is 18.1. The molecule has 1 rings (SSSR count). The van der Waals surface area contributed by atoms with E-state index in [1.165, 1.54) is 0 Å². The van der Waals surface area contributed by atoms with Gasteiger partial charge in [0.1, 0.15) is 6.61 Å². The van der Waals surface area contributed by atoms with Gasteiger partial charge in [0.15, 0.2) is 14.1 Å². The smallest absolute Gasteiger partial charge is 0.415 e. The van der Waals surface area contributed by atoms with Gasteiger partial charge in [-0.2, -0.15) is 13.2 Å². The van der Waals surface area contributed by atoms with Gasteiger partial charge in [-0.25, -0.2) is 0 Å². The molecule has 0 bridgehead atoms. The maximum absolute atomic E-state index is 12.8. The van der Waals surface area contributed by atoms with E-state index in [0.29, 0.717) is 0 Å². The molecule has 1 N–H and O–H groups in total. The summed E-state index contributed by atoms with van der Waals surface area (Å²) in [5.41, 5.74) is 0. The predicted molar refractivity (Wildman–Crippen MR) is 74.1 cm³/mol. The summed E-state index contributed by atoms with van der Waals surface area (Å²) in [6, 6.07) is 0. The Morgan fingerprint density at radius 3 is 2.19 bits per heavy atom. The van der Waals surface area contributed by atoms with Crippen molar-refractivity contribution in [2.45, 2.75) is 58.2 Å². The number of hydrogen-bond donors (Lipinski definition) is 1. The van der Waals surface area contributed by atoms with Gasteiger partial charge >= 0.3 is 6.18 Å². The van der Waals surface area contributed by atoms with Crippen molar-refractivity contribution in [3.8, 4) is 0 Å². The quantitative estimate of drug-likeness (QED) is 0.846. The molecule has 1 aromatic rings. The maximum atomic E-state index is 12.8. The molecule has 1 heterocycles. The number of halogens is 3. The second-order valence-electron chi connectivity index (χ2n) is 6.36. The van der Waals surface area contributed by atoms with Crippen LogP contribution in [0.25, 0.3) is 0 Å². The van der Waals surface area contributed by atoms with Crippen molar-refractivity contribution in [2.75, 3.05) is 6.61 Å². The van der Waals surface area contributed by atoms with E-state index in [1.54, 1.807) is 0 Å². The third-order valence-corrected chi connectivity index (χ3v) is 8.34. The second-order valence-corrected chi connectivity index (χ2v) is 11.2. The first-order valence-corrected chi connectivity index (χ1v) is 9.55. The monoisotopic (exact) mass is 325 g/mol. The molecule has 0 amide bonds. The third kappa shape index (κ3) is 4.27. The van der Waals surface area contributed by atoms with E-state index >= 15 is 0 Å². The van der Waals surface area contributed by atoms with Crippen molar-refractivity contribution < 1.29 is 22.7 Å². The molecule has 0 radical (unpaired) electrons. The third-order valence-electron chi connectivity index (χ3n) is 3.81. The van der Waals surface area contributed by atoms with Crippen LogP contribution in [0.5, 0.6) is 0 Å². The molecular formula is C12H22F3N3O2Si. The second kappa shape index (κ2) is 6.05. The number of aliphatic hydroxyl groups excluding tert-OH is 1. The molecule has 21 heavy (non-hydrogen) atoms. The largest absolute Gasteiger partial charge is 0.451 e. The predicted octanol–water partition coefficient (Wildman–Crippen LogP) is 2.81. The van der Waals surface area contributed by atoms with Crippen molar-refractivity contribution in [1.29, 1.82) is 0 Å². The Balaban J connectivity index is 2.83. The summed E-state index contributed by atoms with van der Waals surface area (Å²) in [5.74, 6) is -1.22. The summed E-state index contributed by atoms with van der Waals surface area (Å²) in [7, 11) is -2.03. The van der Waals surface area contributed by atoms with Gasteiger partial charge in [0, 0.05) is 6.54 Å². The highest BCUT2D eigenvalue weighted by Gasteiger charge is 2.39. The van der Waals surface area contributed by atoms with E-state index in [9.17, 15) is 13.2 Å². The summed E-state index contributed by atoms with van der Waals surface area (Å²) in [6.45, 7) is 9.71. The van der Waals surface area contributed by atoms with Gasteiger partial charge in [-0.3, -0.25) is 0 Å². The standard InChI is InChI=1S/C12H22F3N3O2Si/c1-11(2,3)21(4,5)20-7-6-18-9(8-19)16-17-10(18)12(13,14)15/h19H,6-8H2,1-5H3. The van der Waals surface area contributed by atoms with Crippen molar-refractivity contribution in [2.24, 2.45) is 0 Å². The first-order chi connectivity index (χ1) is 9.40. The molecule has 0 aliphatic carbocycles. The average molecular weight is 325 g/mol. The molecule has 122 valence electrons. The Labute approximate surface area is 123 Å². The van der Waals surface area contributed by atoms with Gasteiger partial charge in [0.2, 0.25) is 5.82 Å². The molecule has 0 unspecified atom stereocenters. The Morgan fingerprint density at radius 1 is 1.19 bits per heavy atom. The average Bonchev–Trinajstić information content (AvgIpc) is 2.70. The molecule has 0 saturated heterocycles. The van der Waals surface area contributed by atoms with Crippen LogP contribution < -0.4 is 0 Å². The molecule has 5 nitrogen and oxygen atoms in total. The number of rotatable bonds is 5. The lowest BCUT2D eigenvalue weighted by molar-refractivity contribution is -0.147. The first-order valence-electron chi connectivity index (χ1n) is 6.64. The Bertz CT molecular complexity index is 481. The lowest BCUT2D eigenvalue weighted by Gasteiger charge is -2.36. The van der Waals surface area contributed by atoms with Gasteiger partial charge in [0.25, 0.3) is 0 Å². The number of hydrogen-bond acceptors (Lipinski definition) is 4. The van der Waals surface area contributed by atoms with Gasteiger partial charge in [-0.1, -0.05) is 20.8 Å². The molecule has 0 atom stereocenters. The van der Waals surface area contributed by atoms with E-state index in [0.717, 1.165) is 4.57 Å². The van der Waals surface area contributed by atoms with Crippen molar-refractivity contribution in [3.63, 3.8) is 0 Å². The molecule has 0 aliphatic rings. The SMILES string of the molecule is CC(C)(C)[Si](C)(C)OCCn1c(CO)nnc1C(F)(F)F. The van der Waals surface area contributed by atoms with Crippen LogP contribution in [0, 0.1) is 0 Å². The van der Waals surface area contributed by atoms with Crippen LogP contribution in [0.2, 0.25) is 18.1 Å². The summed E-state index contributed by atoms with van der Waals surface area (Å²) in [6.07, 6.45) is -4.60. The normalized spacial score (nSPS) is 13.8. The number of nitrogens with zero attached hydrogens (tertiary/aromatic N) is 3. The number of aliphatic hydroxyl groups is 1. The van der Waals surface area contributed by atoms with Crippen LogP contribution >= 0.6 is 0 Å². The molecule has 0 spiro atoms. The molecule has 0 aromatic carbocycles. The molecule has 9 heteroatoms. The van der Waals surface area contributed by atoms with Gasteiger partial charge in [-0.05, 0) is 18.1 Å².